The lowest BCUT2D eigenvalue weighted by Gasteiger charge is -2.18. The molecule has 164 valence electrons. The van der Waals surface area contributed by atoms with E-state index in [4.69, 9.17) is 18.9 Å². The van der Waals surface area contributed by atoms with Gasteiger partial charge in [0.05, 0.1) is 32.2 Å². The third-order valence-electron chi connectivity index (χ3n) is 4.89. The Morgan fingerprint density at radius 2 is 1.26 bits per heavy atom. The Morgan fingerprint density at radius 3 is 1.71 bits per heavy atom. The van der Waals surface area contributed by atoms with Crippen molar-refractivity contribution in [2.24, 2.45) is 5.92 Å². The summed E-state index contributed by atoms with van der Waals surface area (Å²) in [6, 6.07) is 17.1. The number of hydrogen-bond acceptors (Lipinski definition) is 6. The van der Waals surface area contributed by atoms with E-state index < -0.39 is 6.10 Å². The van der Waals surface area contributed by atoms with E-state index in [0.29, 0.717) is 30.4 Å². The summed E-state index contributed by atoms with van der Waals surface area (Å²) < 4.78 is 22.4. The van der Waals surface area contributed by atoms with Crippen LogP contribution in [0.4, 0.5) is 0 Å². The zero-order valence-electron chi connectivity index (χ0n) is 18.4. The molecule has 0 aliphatic rings. The number of pyridine rings is 1. The standard InChI is InChI=1S/C25H29NO5/c1-17(2)25(27)22-13-23(30-15-18-5-9-20(28-3)10-6-18)24(14-26-22)31-16-19-7-11-21(29-4)12-8-19/h5-14,17,25,27H,15-16H2,1-4H3. The Kier molecular flexibility index (Phi) is 7.73. The molecule has 0 amide bonds. The highest BCUT2D eigenvalue weighted by atomic mass is 16.5. The first-order valence-electron chi connectivity index (χ1n) is 10.2. The lowest BCUT2D eigenvalue weighted by atomic mass is 10.0. The van der Waals surface area contributed by atoms with Gasteiger partial charge in [0.2, 0.25) is 0 Å². The van der Waals surface area contributed by atoms with Crippen LogP contribution >= 0.6 is 0 Å². The van der Waals surface area contributed by atoms with Crippen LogP contribution in [0.2, 0.25) is 0 Å². The molecule has 0 radical (unpaired) electrons. The van der Waals surface area contributed by atoms with Gasteiger partial charge in [-0.15, -0.1) is 0 Å². The molecule has 1 unspecified atom stereocenters. The van der Waals surface area contributed by atoms with Crippen LogP contribution in [0, 0.1) is 5.92 Å². The van der Waals surface area contributed by atoms with Gasteiger partial charge in [-0.05, 0) is 41.3 Å². The van der Waals surface area contributed by atoms with Crippen molar-refractivity contribution in [2.75, 3.05) is 14.2 Å². The molecule has 3 aromatic rings. The van der Waals surface area contributed by atoms with Crippen molar-refractivity contribution in [2.45, 2.75) is 33.2 Å². The molecule has 2 aromatic carbocycles. The van der Waals surface area contributed by atoms with Crippen LogP contribution in [-0.2, 0) is 13.2 Å². The van der Waals surface area contributed by atoms with Crippen molar-refractivity contribution < 1.29 is 24.1 Å². The summed E-state index contributed by atoms with van der Waals surface area (Å²) in [5.74, 6) is 2.67. The maximum absolute atomic E-state index is 10.4. The van der Waals surface area contributed by atoms with Crippen LogP contribution in [0.3, 0.4) is 0 Å². The molecule has 0 aliphatic carbocycles. The maximum atomic E-state index is 10.4. The SMILES string of the molecule is COc1ccc(COc2cnc(C(O)C(C)C)cc2OCc2ccc(OC)cc2)cc1. The molecule has 0 spiro atoms. The van der Waals surface area contributed by atoms with E-state index >= 15 is 0 Å². The van der Waals surface area contributed by atoms with Crippen molar-refractivity contribution >= 4 is 0 Å². The summed E-state index contributed by atoms with van der Waals surface area (Å²) in [6.45, 7) is 4.59. The molecule has 6 nitrogen and oxygen atoms in total. The summed E-state index contributed by atoms with van der Waals surface area (Å²) >= 11 is 0. The monoisotopic (exact) mass is 423 g/mol. The molecule has 1 N–H and O–H groups in total. The van der Waals surface area contributed by atoms with Gasteiger partial charge in [-0.2, -0.15) is 0 Å². The lowest BCUT2D eigenvalue weighted by molar-refractivity contribution is 0.121. The minimum Gasteiger partial charge on any atom is -0.497 e. The third kappa shape index (κ3) is 6.12. The number of nitrogens with zero attached hydrogens (tertiary/aromatic N) is 1. The fraction of sp³-hybridized carbons (Fsp3) is 0.320. The van der Waals surface area contributed by atoms with Crippen LogP contribution in [0.15, 0.2) is 60.8 Å². The quantitative estimate of drug-likeness (QED) is 0.498. The van der Waals surface area contributed by atoms with Crippen molar-refractivity contribution in [1.82, 2.24) is 4.98 Å². The second-order valence-corrected chi connectivity index (χ2v) is 7.52. The zero-order valence-corrected chi connectivity index (χ0v) is 18.4. The van der Waals surface area contributed by atoms with Crippen molar-refractivity contribution in [3.63, 3.8) is 0 Å². The Hall–Kier alpha value is -3.25. The fourth-order valence-corrected chi connectivity index (χ4v) is 2.93. The molecule has 1 heterocycles. The molecular weight excluding hydrogens is 394 g/mol. The molecule has 6 heteroatoms. The number of benzene rings is 2. The van der Waals surface area contributed by atoms with Crippen LogP contribution < -0.4 is 18.9 Å². The van der Waals surface area contributed by atoms with Crippen LogP contribution in [0.1, 0.15) is 36.8 Å². The van der Waals surface area contributed by atoms with E-state index in [-0.39, 0.29) is 5.92 Å². The number of rotatable bonds is 10. The van der Waals surface area contributed by atoms with Gasteiger partial charge in [0.1, 0.15) is 24.7 Å². The molecule has 3 rings (SSSR count). The minimum atomic E-state index is -0.682. The lowest BCUT2D eigenvalue weighted by Crippen LogP contribution is -2.09. The molecule has 31 heavy (non-hydrogen) atoms. The first kappa shape index (κ1) is 22.4. The van der Waals surface area contributed by atoms with E-state index in [0.717, 1.165) is 22.6 Å². The number of aromatic nitrogens is 1. The number of aliphatic hydroxyl groups excluding tert-OH is 1. The average molecular weight is 424 g/mol. The second-order valence-electron chi connectivity index (χ2n) is 7.52. The Balaban J connectivity index is 1.77. The summed E-state index contributed by atoms with van der Waals surface area (Å²) in [5.41, 5.74) is 2.54. The summed E-state index contributed by atoms with van der Waals surface area (Å²) in [7, 11) is 3.27. The minimum absolute atomic E-state index is 0.0352. The average Bonchev–Trinajstić information content (AvgIpc) is 2.81. The molecule has 0 aliphatic heterocycles. The molecule has 0 saturated carbocycles. The number of aliphatic hydroxyl groups is 1. The first-order chi connectivity index (χ1) is 15.0. The van der Waals surface area contributed by atoms with Gasteiger partial charge in [0, 0.05) is 6.07 Å². The predicted molar refractivity (Wildman–Crippen MR) is 119 cm³/mol. The molecular formula is C25H29NO5. The fourth-order valence-electron chi connectivity index (χ4n) is 2.93. The Labute approximate surface area is 183 Å². The number of hydrogen-bond donors (Lipinski definition) is 1. The predicted octanol–water partition coefficient (Wildman–Crippen LogP) is 4.95. The van der Waals surface area contributed by atoms with Crippen molar-refractivity contribution in [3.05, 3.63) is 77.6 Å². The van der Waals surface area contributed by atoms with E-state index in [1.807, 2.05) is 62.4 Å². The molecule has 0 fully saturated rings. The van der Waals surface area contributed by atoms with Gasteiger partial charge >= 0.3 is 0 Å². The number of methoxy groups -OCH3 is 2. The Morgan fingerprint density at radius 1 is 0.774 bits per heavy atom. The largest absolute Gasteiger partial charge is 0.497 e. The molecule has 0 saturated heterocycles. The molecule has 0 bridgehead atoms. The van der Waals surface area contributed by atoms with E-state index in [1.54, 1.807) is 26.5 Å². The van der Waals surface area contributed by atoms with Gasteiger partial charge in [-0.1, -0.05) is 38.1 Å². The normalized spacial score (nSPS) is 11.8. The zero-order chi connectivity index (χ0) is 22.2. The van der Waals surface area contributed by atoms with Gasteiger partial charge < -0.3 is 24.1 Å². The summed E-state index contributed by atoms with van der Waals surface area (Å²) in [4.78, 5) is 4.39. The van der Waals surface area contributed by atoms with Gasteiger partial charge in [-0.3, -0.25) is 4.98 Å². The second kappa shape index (κ2) is 10.7. The summed E-state index contributed by atoms with van der Waals surface area (Å²) in [6.07, 6.45) is 0.923. The van der Waals surface area contributed by atoms with Crippen molar-refractivity contribution in [3.8, 4) is 23.0 Å². The van der Waals surface area contributed by atoms with E-state index in [1.165, 1.54) is 0 Å². The Bertz CT molecular complexity index is 955. The van der Waals surface area contributed by atoms with Gasteiger partial charge in [0.25, 0.3) is 0 Å². The number of ether oxygens (including phenoxy) is 4. The molecule has 1 atom stereocenters. The highest BCUT2D eigenvalue weighted by Gasteiger charge is 2.17. The maximum Gasteiger partial charge on any atom is 0.179 e. The topological polar surface area (TPSA) is 70.0 Å². The van der Waals surface area contributed by atoms with E-state index in [2.05, 4.69) is 4.98 Å². The first-order valence-corrected chi connectivity index (χ1v) is 10.2. The smallest absolute Gasteiger partial charge is 0.179 e. The highest BCUT2D eigenvalue weighted by molar-refractivity contribution is 5.40. The van der Waals surface area contributed by atoms with Gasteiger partial charge in [-0.25, -0.2) is 0 Å². The van der Waals surface area contributed by atoms with Crippen molar-refractivity contribution in [1.29, 1.82) is 0 Å². The third-order valence-corrected chi connectivity index (χ3v) is 4.89. The summed E-state index contributed by atoms with van der Waals surface area (Å²) in [5, 5.41) is 10.4. The van der Waals surface area contributed by atoms with Crippen LogP contribution in [0.25, 0.3) is 0 Å². The highest BCUT2D eigenvalue weighted by Crippen LogP contribution is 2.32. The van der Waals surface area contributed by atoms with E-state index in [9.17, 15) is 5.11 Å². The van der Waals surface area contributed by atoms with Gasteiger partial charge in [0.15, 0.2) is 11.5 Å². The van der Waals surface area contributed by atoms with Crippen LogP contribution in [0.5, 0.6) is 23.0 Å². The van der Waals surface area contributed by atoms with Crippen LogP contribution in [-0.4, -0.2) is 24.3 Å². The molecule has 1 aromatic heterocycles.